The van der Waals surface area contributed by atoms with E-state index in [-0.39, 0.29) is 11.8 Å². The highest BCUT2D eigenvalue weighted by atomic mass is 16.2. The Bertz CT molecular complexity index is 1110. The van der Waals surface area contributed by atoms with Crippen LogP contribution in [0.5, 0.6) is 0 Å². The molecule has 0 spiro atoms. The topological polar surface area (TPSA) is 52.7 Å². The highest BCUT2D eigenvalue weighted by Gasteiger charge is 2.42. The largest absolute Gasteiger partial charge is 0.329 e. The smallest absolute Gasteiger partial charge is 0.255 e. The first-order valence-corrected chi connectivity index (χ1v) is 12.3. The van der Waals surface area contributed by atoms with Crippen molar-refractivity contribution in [1.29, 1.82) is 0 Å². The van der Waals surface area contributed by atoms with E-state index in [4.69, 9.17) is 0 Å². The number of allylic oxidation sites excluding steroid dienone is 1. The fraction of sp³-hybridized carbons (Fsp3) is 0.429. The molecule has 2 amide bonds. The predicted molar refractivity (Wildman–Crippen MR) is 127 cm³/mol. The molecular weight excluding hydrogens is 410 g/mol. The minimum Gasteiger partial charge on any atom is -0.329 e. The van der Waals surface area contributed by atoms with Gasteiger partial charge in [-0.15, -0.1) is 0 Å². The number of rotatable bonds is 4. The fourth-order valence-corrected chi connectivity index (χ4v) is 6.54. The molecule has 1 saturated carbocycles. The second kappa shape index (κ2) is 8.14. The van der Waals surface area contributed by atoms with Crippen molar-refractivity contribution in [3.05, 3.63) is 83.1 Å². The highest BCUT2D eigenvalue weighted by molar-refractivity contribution is 6.01. The van der Waals surface area contributed by atoms with Crippen LogP contribution in [0.25, 0.3) is 0 Å². The lowest BCUT2D eigenvalue weighted by molar-refractivity contribution is -0.126. The summed E-state index contributed by atoms with van der Waals surface area (Å²) in [6.45, 7) is 6.58. The van der Waals surface area contributed by atoms with Crippen molar-refractivity contribution in [2.75, 3.05) is 6.54 Å². The van der Waals surface area contributed by atoms with Crippen molar-refractivity contribution in [1.82, 2.24) is 15.1 Å². The van der Waals surface area contributed by atoms with Gasteiger partial charge in [-0.3, -0.25) is 14.5 Å². The molecule has 5 nitrogen and oxygen atoms in total. The summed E-state index contributed by atoms with van der Waals surface area (Å²) in [5.74, 6) is 1.12. The van der Waals surface area contributed by atoms with Crippen molar-refractivity contribution < 1.29 is 9.59 Å². The second-order valence-electron chi connectivity index (χ2n) is 10.2. The molecule has 2 bridgehead atoms. The first-order chi connectivity index (χ1) is 16.1. The number of fused-ring (bicyclic) bond motifs is 4. The van der Waals surface area contributed by atoms with Gasteiger partial charge in [0.15, 0.2) is 0 Å². The number of piperidine rings is 3. The molecule has 4 atom stereocenters. The van der Waals surface area contributed by atoms with E-state index in [0.717, 1.165) is 36.3 Å². The minimum atomic E-state index is -0.393. The zero-order valence-corrected chi connectivity index (χ0v) is 19.0. The van der Waals surface area contributed by atoms with E-state index in [1.54, 1.807) is 4.90 Å². The molecule has 4 fully saturated rings. The Morgan fingerprint density at radius 2 is 1.88 bits per heavy atom. The van der Waals surface area contributed by atoms with Crippen molar-refractivity contribution >= 4 is 11.8 Å². The fourth-order valence-electron chi connectivity index (χ4n) is 6.54. The summed E-state index contributed by atoms with van der Waals surface area (Å²) < 4.78 is 0. The highest BCUT2D eigenvalue weighted by Crippen LogP contribution is 2.46. The summed E-state index contributed by atoms with van der Waals surface area (Å²) >= 11 is 0. The van der Waals surface area contributed by atoms with Gasteiger partial charge in [0.25, 0.3) is 5.91 Å². The third-order valence-electron chi connectivity index (χ3n) is 8.27. The van der Waals surface area contributed by atoms with Gasteiger partial charge in [0.2, 0.25) is 5.91 Å². The number of nitrogens with one attached hydrogen (secondary N) is 1. The van der Waals surface area contributed by atoms with Crippen LogP contribution in [-0.4, -0.2) is 40.2 Å². The van der Waals surface area contributed by atoms with E-state index < -0.39 is 6.04 Å². The third kappa shape index (κ3) is 3.68. The average molecular weight is 442 g/mol. The van der Waals surface area contributed by atoms with Crippen LogP contribution in [0.3, 0.4) is 0 Å². The zero-order chi connectivity index (χ0) is 22.5. The molecule has 7 rings (SSSR count). The van der Waals surface area contributed by atoms with Crippen LogP contribution < -0.4 is 5.32 Å². The van der Waals surface area contributed by atoms with Gasteiger partial charge in [-0.2, -0.15) is 0 Å². The van der Waals surface area contributed by atoms with Gasteiger partial charge in [-0.05, 0) is 66.7 Å². The number of benzene rings is 2. The molecule has 1 N–H and O–H groups in total. The van der Waals surface area contributed by atoms with Gasteiger partial charge in [0.05, 0.1) is 0 Å². The maximum atomic E-state index is 13.1. The van der Waals surface area contributed by atoms with Crippen LogP contribution in [0.2, 0.25) is 0 Å². The van der Waals surface area contributed by atoms with Crippen LogP contribution in [0.15, 0.2) is 60.8 Å². The maximum absolute atomic E-state index is 13.1. The number of carbonyl (C=O) groups excluding carboxylic acids is 2. The lowest BCUT2D eigenvalue weighted by Crippen LogP contribution is -2.50. The van der Waals surface area contributed by atoms with Gasteiger partial charge in [0, 0.05) is 36.9 Å². The molecule has 2 aromatic carbocycles. The van der Waals surface area contributed by atoms with Crippen molar-refractivity contribution in [3.8, 4) is 0 Å². The molecule has 3 saturated heterocycles. The molecule has 0 aromatic heterocycles. The number of amides is 2. The van der Waals surface area contributed by atoms with Crippen LogP contribution in [0.1, 0.15) is 65.1 Å². The predicted octanol–water partition coefficient (Wildman–Crippen LogP) is 4.20. The van der Waals surface area contributed by atoms with E-state index in [0.29, 0.717) is 30.8 Å². The molecule has 4 heterocycles. The molecule has 33 heavy (non-hydrogen) atoms. The maximum Gasteiger partial charge on any atom is 0.255 e. The van der Waals surface area contributed by atoms with E-state index in [1.165, 1.54) is 30.4 Å². The molecular formula is C28H31N3O2. The summed E-state index contributed by atoms with van der Waals surface area (Å²) in [4.78, 5) is 30.0. The molecule has 2 unspecified atom stereocenters. The van der Waals surface area contributed by atoms with Gasteiger partial charge in [-0.1, -0.05) is 49.0 Å². The first kappa shape index (κ1) is 20.7. The number of nitrogens with zero attached hydrogens (tertiary/aromatic N) is 2. The van der Waals surface area contributed by atoms with Crippen LogP contribution in [0, 0.1) is 5.92 Å². The minimum absolute atomic E-state index is 0.0107. The summed E-state index contributed by atoms with van der Waals surface area (Å²) in [6, 6.07) is 17.5. The SMILES string of the molecule is C=C1CCC(N2Cc3cc(C4C[C@H]5CC[C@@H]4CN5Cc4ccccc4)ccc3C2=O)C(=O)N1. The zero-order valence-electron chi connectivity index (χ0n) is 19.0. The van der Waals surface area contributed by atoms with Crippen LogP contribution in [-0.2, 0) is 17.9 Å². The average Bonchev–Trinajstić information content (AvgIpc) is 3.15. The van der Waals surface area contributed by atoms with Gasteiger partial charge in [0.1, 0.15) is 6.04 Å². The summed E-state index contributed by atoms with van der Waals surface area (Å²) in [5, 5.41) is 2.82. The van der Waals surface area contributed by atoms with Crippen molar-refractivity contribution in [2.45, 2.75) is 63.2 Å². The lowest BCUT2D eigenvalue weighted by Gasteiger charge is -2.50. The Morgan fingerprint density at radius 1 is 1.03 bits per heavy atom. The Labute approximate surface area is 195 Å². The number of hydrogen-bond acceptors (Lipinski definition) is 3. The quantitative estimate of drug-likeness (QED) is 0.774. The summed E-state index contributed by atoms with van der Waals surface area (Å²) in [7, 11) is 0. The van der Waals surface area contributed by atoms with Gasteiger partial charge < -0.3 is 10.2 Å². The molecule has 4 aliphatic heterocycles. The van der Waals surface area contributed by atoms with E-state index in [2.05, 4.69) is 59.3 Å². The standard InChI is InChI=1S/C28H31N3O2/c1-18-7-12-26(27(32)29-18)31-17-22-13-20(9-11-24(22)28(31)33)25-14-23-10-8-21(25)16-30(23)15-19-5-3-2-4-6-19/h2-6,9,11,13,21,23,25-26H,1,7-8,10,12,14-17H2,(H,29,32)/t21-,23-,25?,26?/m1/s1. The van der Waals surface area contributed by atoms with E-state index in [1.807, 2.05) is 6.07 Å². The Kier molecular flexibility index (Phi) is 5.10. The molecule has 5 aliphatic rings. The summed E-state index contributed by atoms with van der Waals surface area (Å²) in [5.41, 5.74) is 5.36. The molecule has 1 aliphatic carbocycles. The third-order valence-corrected chi connectivity index (χ3v) is 8.27. The summed E-state index contributed by atoms with van der Waals surface area (Å²) in [6.07, 6.45) is 5.15. The Hall–Kier alpha value is -2.92. The monoisotopic (exact) mass is 441 g/mol. The van der Waals surface area contributed by atoms with E-state index >= 15 is 0 Å². The second-order valence-corrected chi connectivity index (χ2v) is 10.2. The van der Waals surface area contributed by atoms with Crippen LogP contribution in [0.4, 0.5) is 0 Å². The molecule has 170 valence electrons. The molecule has 2 aromatic rings. The van der Waals surface area contributed by atoms with Gasteiger partial charge >= 0.3 is 0 Å². The van der Waals surface area contributed by atoms with Crippen molar-refractivity contribution in [3.63, 3.8) is 0 Å². The number of hydrogen-bond donors (Lipinski definition) is 1. The van der Waals surface area contributed by atoms with Crippen LogP contribution >= 0.6 is 0 Å². The Morgan fingerprint density at radius 3 is 2.64 bits per heavy atom. The lowest BCUT2D eigenvalue weighted by atomic mass is 9.69. The first-order valence-electron chi connectivity index (χ1n) is 12.3. The molecule has 0 radical (unpaired) electrons. The van der Waals surface area contributed by atoms with E-state index in [9.17, 15) is 9.59 Å². The van der Waals surface area contributed by atoms with Gasteiger partial charge in [-0.25, -0.2) is 0 Å². The van der Waals surface area contributed by atoms with Crippen molar-refractivity contribution in [2.24, 2.45) is 5.92 Å². The number of carbonyl (C=O) groups is 2. The Balaban J connectivity index is 1.18. The molecule has 5 heteroatoms. The normalized spacial score (nSPS) is 29.3.